The number of methoxy groups -OCH3 is 1. The summed E-state index contributed by atoms with van der Waals surface area (Å²) >= 11 is 0. The van der Waals surface area contributed by atoms with Crippen LogP contribution in [0.5, 0.6) is 17.2 Å². The molecule has 10 heteroatoms. The Morgan fingerprint density at radius 2 is 1.82 bits per heavy atom. The van der Waals surface area contributed by atoms with E-state index >= 15 is 0 Å². The van der Waals surface area contributed by atoms with Crippen molar-refractivity contribution in [3.63, 3.8) is 0 Å². The fraction of sp³-hybridized carbons (Fsp3) is 0.464. The number of hydrogen-bond acceptors (Lipinski definition) is 10. The fourth-order valence-corrected chi connectivity index (χ4v) is 5.86. The van der Waals surface area contributed by atoms with Gasteiger partial charge in [0.1, 0.15) is 23.0 Å². The number of phenolic OH excluding ortho intramolecular Hbond substituents is 2. The van der Waals surface area contributed by atoms with Gasteiger partial charge in [0.05, 0.1) is 42.1 Å². The summed E-state index contributed by atoms with van der Waals surface area (Å²) in [5.74, 6) is -2.28. The third-order valence-electron chi connectivity index (χ3n) is 8.20. The van der Waals surface area contributed by atoms with E-state index in [0.29, 0.717) is 0 Å². The molecule has 0 saturated carbocycles. The van der Waals surface area contributed by atoms with Crippen LogP contribution in [0, 0.1) is 5.41 Å². The van der Waals surface area contributed by atoms with Crippen LogP contribution in [0.1, 0.15) is 82.7 Å². The highest BCUT2D eigenvalue weighted by molar-refractivity contribution is 6.31. The lowest BCUT2D eigenvalue weighted by atomic mass is 9.67. The van der Waals surface area contributed by atoms with Gasteiger partial charge in [-0.15, -0.1) is 0 Å². The summed E-state index contributed by atoms with van der Waals surface area (Å²) in [4.78, 5) is 40.0. The van der Waals surface area contributed by atoms with Crippen LogP contribution in [0.15, 0.2) is 18.2 Å². The molecule has 6 atom stereocenters. The average molecular weight is 526 g/mol. The van der Waals surface area contributed by atoms with E-state index < -0.39 is 59.1 Å². The molecule has 0 spiro atoms. The van der Waals surface area contributed by atoms with Crippen molar-refractivity contribution in [3.8, 4) is 17.2 Å². The number of ketones is 3. The molecule has 5 rings (SSSR count). The molecule has 3 aliphatic rings. The predicted molar refractivity (Wildman–Crippen MR) is 133 cm³/mol. The van der Waals surface area contributed by atoms with Crippen molar-refractivity contribution in [1.29, 1.82) is 0 Å². The molecular formula is C28H31NO9. The smallest absolute Gasteiger partial charge is 0.202 e. The first-order valence-electron chi connectivity index (χ1n) is 12.5. The van der Waals surface area contributed by atoms with Crippen LogP contribution >= 0.6 is 0 Å². The number of fused-ring (bicyclic) bond motifs is 3. The van der Waals surface area contributed by atoms with Gasteiger partial charge in [-0.25, -0.2) is 0 Å². The van der Waals surface area contributed by atoms with Crippen LogP contribution < -0.4 is 10.5 Å². The number of phenols is 2. The molecule has 2 aliphatic carbocycles. The number of benzene rings is 2. The molecule has 0 aromatic heterocycles. The van der Waals surface area contributed by atoms with Gasteiger partial charge >= 0.3 is 0 Å². The summed E-state index contributed by atoms with van der Waals surface area (Å²) in [6.07, 6.45) is -3.09. The second-order valence-electron chi connectivity index (χ2n) is 10.7. The lowest BCUT2D eigenvalue weighted by Gasteiger charge is -2.42. The summed E-state index contributed by atoms with van der Waals surface area (Å²) in [6.45, 7) is 4.81. The normalized spacial score (nSPS) is 30.3. The van der Waals surface area contributed by atoms with Crippen molar-refractivity contribution >= 4 is 17.3 Å². The van der Waals surface area contributed by atoms with Gasteiger partial charge in [0.25, 0.3) is 0 Å². The number of rotatable bonds is 4. The molecule has 0 radical (unpaired) electrons. The number of carbonyl (C=O) groups excluding carboxylic acids is 3. The molecule has 1 fully saturated rings. The minimum atomic E-state index is -0.999. The highest BCUT2D eigenvalue weighted by atomic mass is 16.7. The third-order valence-corrected chi connectivity index (χ3v) is 8.20. The molecule has 38 heavy (non-hydrogen) atoms. The van der Waals surface area contributed by atoms with E-state index in [4.69, 9.17) is 19.9 Å². The van der Waals surface area contributed by atoms with Gasteiger partial charge in [-0.05, 0) is 32.8 Å². The van der Waals surface area contributed by atoms with E-state index in [1.54, 1.807) is 19.9 Å². The first kappa shape index (κ1) is 26.3. The number of Topliss-reactive ketones (excluding diaryl/α,β-unsaturated/α-hetero) is 1. The van der Waals surface area contributed by atoms with E-state index in [1.165, 1.54) is 26.2 Å². The van der Waals surface area contributed by atoms with Crippen molar-refractivity contribution in [2.45, 2.75) is 70.7 Å². The third kappa shape index (κ3) is 3.82. The summed E-state index contributed by atoms with van der Waals surface area (Å²) in [6, 6.07) is 3.93. The summed E-state index contributed by atoms with van der Waals surface area (Å²) in [5.41, 5.74) is 4.74. The minimum absolute atomic E-state index is 0.00611. The maximum Gasteiger partial charge on any atom is 0.202 e. The van der Waals surface area contributed by atoms with E-state index in [2.05, 4.69) is 0 Å². The molecule has 0 amide bonds. The summed E-state index contributed by atoms with van der Waals surface area (Å²) < 4.78 is 17.3. The zero-order valence-electron chi connectivity index (χ0n) is 21.6. The second kappa shape index (κ2) is 9.16. The highest BCUT2D eigenvalue weighted by Crippen LogP contribution is 2.54. The van der Waals surface area contributed by atoms with E-state index in [9.17, 15) is 29.7 Å². The molecule has 1 aliphatic heterocycles. The molecule has 1 saturated heterocycles. The number of aliphatic hydroxyl groups is 1. The second-order valence-corrected chi connectivity index (χ2v) is 10.7. The Bertz CT molecular complexity index is 1360. The molecule has 10 nitrogen and oxygen atoms in total. The minimum Gasteiger partial charge on any atom is -0.507 e. The van der Waals surface area contributed by atoms with Gasteiger partial charge in [-0.2, -0.15) is 0 Å². The topological polar surface area (TPSA) is 166 Å². The number of carbonyl (C=O) groups is 3. The van der Waals surface area contributed by atoms with Crippen molar-refractivity contribution in [2.75, 3.05) is 7.11 Å². The summed E-state index contributed by atoms with van der Waals surface area (Å²) in [5, 5.41) is 33.1. The first-order valence-corrected chi connectivity index (χ1v) is 12.5. The van der Waals surface area contributed by atoms with Crippen LogP contribution in [0.3, 0.4) is 0 Å². The molecule has 2 aromatic rings. The van der Waals surface area contributed by atoms with E-state index in [-0.39, 0.29) is 64.2 Å². The van der Waals surface area contributed by atoms with Crippen LogP contribution in [0.4, 0.5) is 0 Å². The van der Waals surface area contributed by atoms with E-state index in [0.717, 1.165) is 0 Å². The fourth-order valence-electron chi connectivity index (χ4n) is 5.86. The number of ether oxygens (including phenoxy) is 3. The van der Waals surface area contributed by atoms with Crippen molar-refractivity contribution in [3.05, 3.63) is 51.6 Å². The number of aromatic hydroxyl groups is 2. The standard InChI is InChI=1S/C28H31NO9/c1-11-23(31)15(29)8-18(37-11)38-17-10-28(3,12(2)30)9-14-20(17)27(35)22-21(25(14)33)24(32)13-6-5-7-16(36-4)19(13)26(22)34/h5-7,11,15,17-18,23,31,33,35H,8-10,29H2,1-4H3/t11?,15?,17-,18?,23?,28+/m0/s1. The number of hydrogen-bond donors (Lipinski definition) is 4. The van der Waals surface area contributed by atoms with Crippen LogP contribution in [0.25, 0.3) is 0 Å². The maximum absolute atomic E-state index is 13.7. The largest absolute Gasteiger partial charge is 0.507 e. The van der Waals surface area contributed by atoms with Crippen molar-refractivity contribution in [1.82, 2.24) is 0 Å². The van der Waals surface area contributed by atoms with E-state index in [1.807, 2.05) is 0 Å². The Kier molecular flexibility index (Phi) is 6.34. The van der Waals surface area contributed by atoms with Crippen LogP contribution in [-0.2, 0) is 20.7 Å². The van der Waals surface area contributed by atoms with Gasteiger partial charge in [-0.1, -0.05) is 19.1 Å². The predicted octanol–water partition coefficient (Wildman–Crippen LogP) is 2.30. The van der Waals surface area contributed by atoms with Gasteiger partial charge in [0, 0.05) is 34.6 Å². The molecule has 1 heterocycles. The Morgan fingerprint density at radius 3 is 2.45 bits per heavy atom. The molecule has 0 bridgehead atoms. The average Bonchev–Trinajstić information content (AvgIpc) is 2.87. The van der Waals surface area contributed by atoms with Crippen molar-refractivity contribution in [2.24, 2.45) is 11.1 Å². The van der Waals surface area contributed by atoms with Gasteiger partial charge in [-0.3, -0.25) is 14.4 Å². The molecular weight excluding hydrogens is 494 g/mol. The SMILES string of the molecule is COc1cccc2c1C(=O)c1c(O)c3c(c(O)c1C2=O)C[C@@](C)(C(C)=O)C[C@@H]3OC1CC(N)C(O)C(C)O1. The van der Waals surface area contributed by atoms with Gasteiger partial charge in [0.15, 0.2) is 12.1 Å². The summed E-state index contributed by atoms with van der Waals surface area (Å²) in [7, 11) is 1.37. The lowest BCUT2D eigenvalue weighted by molar-refractivity contribution is -0.245. The van der Waals surface area contributed by atoms with Gasteiger partial charge < -0.3 is 35.3 Å². The maximum atomic E-state index is 13.7. The molecule has 202 valence electrons. The Hall–Kier alpha value is -3.31. The first-order chi connectivity index (χ1) is 17.9. The molecule has 5 N–H and O–H groups in total. The van der Waals surface area contributed by atoms with Gasteiger partial charge in [0.2, 0.25) is 5.78 Å². The number of nitrogens with two attached hydrogens (primary N) is 1. The number of aliphatic hydroxyl groups excluding tert-OH is 1. The molecule has 2 aromatic carbocycles. The Morgan fingerprint density at radius 1 is 1.13 bits per heavy atom. The monoisotopic (exact) mass is 525 g/mol. The molecule has 4 unspecified atom stereocenters. The Balaban J connectivity index is 1.68. The lowest BCUT2D eigenvalue weighted by Crippen LogP contribution is -2.52. The zero-order valence-corrected chi connectivity index (χ0v) is 21.6. The quantitative estimate of drug-likeness (QED) is 0.371. The van der Waals surface area contributed by atoms with Crippen LogP contribution in [-0.4, -0.2) is 64.3 Å². The van der Waals surface area contributed by atoms with Crippen molar-refractivity contribution < 1.29 is 43.9 Å². The van der Waals surface area contributed by atoms with Crippen LogP contribution in [0.2, 0.25) is 0 Å². The Labute approximate surface area is 219 Å². The highest BCUT2D eigenvalue weighted by Gasteiger charge is 2.48. The zero-order chi connectivity index (χ0) is 27.7.